The summed E-state index contributed by atoms with van der Waals surface area (Å²) in [7, 11) is 0. The van der Waals surface area contributed by atoms with Crippen LogP contribution in [0.1, 0.15) is 5.56 Å². The van der Waals surface area contributed by atoms with Gasteiger partial charge in [0.2, 0.25) is 0 Å². The number of amidine groups is 1. The molecule has 0 atom stereocenters. The average Bonchev–Trinajstić information content (AvgIpc) is 2.92. The zero-order valence-corrected chi connectivity index (χ0v) is 13.5. The van der Waals surface area contributed by atoms with Gasteiger partial charge in [-0.1, -0.05) is 42.1 Å². The Hall–Kier alpha value is -2.60. The summed E-state index contributed by atoms with van der Waals surface area (Å²) in [4.78, 5) is 20.8. The molecule has 0 spiro atoms. The molecule has 4 nitrogen and oxygen atoms in total. The van der Waals surface area contributed by atoms with Crippen LogP contribution in [-0.4, -0.2) is 28.5 Å². The number of amides is 1. The largest absolute Gasteiger partial charge is 0.343 e. The van der Waals surface area contributed by atoms with Gasteiger partial charge in [-0.05, 0) is 35.9 Å². The van der Waals surface area contributed by atoms with Crippen molar-refractivity contribution in [2.75, 3.05) is 17.4 Å². The second-order valence-electron chi connectivity index (χ2n) is 5.50. The standard InChI is InChI=1S/C18H14FN3OS/c19-14-6-8-15(9-7-14)21-11-22-17(23)16(20-18(22)24-12-21)10-13-4-2-1-3-5-13/h1-10H,11-12H2/b16-10+. The molecule has 0 aromatic heterocycles. The van der Waals surface area contributed by atoms with Crippen LogP contribution < -0.4 is 4.90 Å². The quantitative estimate of drug-likeness (QED) is 0.785. The van der Waals surface area contributed by atoms with Crippen LogP contribution in [0, 0.1) is 5.82 Å². The van der Waals surface area contributed by atoms with E-state index in [9.17, 15) is 9.18 Å². The fourth-order valence-electron chi connectivity index (χ4n) is 2.63. The molecule has 2 heterocycles. The van der Waals surface area contributed by atoms with Crippen LogP contribution >= 0.6 is 11.8 Å². The van der Waals surface area contributed by atoms with Gasteiger partial charge in [0.05, 0.1) is 5.88 Å². The minimum Gasteiger partial charge on any atom is -0.343 e. The van der Waals surface area contributed by atoms with Crippen molar-refractivity contribution in [1.82, 2.24) is 4.90 Å². The molecule has 1 fully saturated rings. The summed E-state index contributed by atoms with van der Waals surface area (Å²) in [5.74, 6) is 0.302. The molecule has 0 N–H and O–H groups in total. The monoisotopic (exact) mass is 339 g/mol. The highest BCUT2D eigenvalue weighted by molar-refractivity contribution is 8.14. The van der Waals surface area contributed by atoms with Crippen molar-refractivity contribution in [3.8, 4) is 0 Å². The van der Waals surface area contributed by atoms with Gasteiger partial charge in [0.1, 0.15) is 18.2 Å². The molecule has 1 saturated heterocycles. The molecule has 6 heteroatoms. The maximum atomic E-state index is 13.1. The van der Waals surface area contributed by atoms with E-state index < -0.39 is 0 Å². The number of halogens is 1. The molecular weight excluding hydrogens is 325 g/mol. The average molecular weight is 339 g/mol. The topological polar surface area (TPSA) is 35.9 Å². The number of aliphatic imine (C=N–C) groups is 1. The Morgan fingerprint density at radius 1 is 1.08 bits per heavy atom. The van der Waals surface area contributed by atoms with Gasteiger partial charge in [-0.15, -0.1) is 0 Å². The minimum atomic E-state index is -0.268. The lowest BCUT2D eigenvalue weighted by atomic mass is 10.2. The van der Waals surface area contributed by atoms with E-state index in [0.29, 0.717) is 18.2 Å². The number of nitrogens with zero attached hydrogens (tertiary/aromatic N) is 3. The number of thioether (sulfide) groups is 1. The summed E-state index contributed by atoms with van der Waals surface area (Å²) in [6.45, 7) is 0.419. The van der Waals surface area contributed by atoms with Gasteiger partial charge in [-0.2, -0.15) is 0 Å². The first-order valence-corrected chi connectivity index (χ1v) is 8.50. The number of hydrogen-bond donors (Lipinski definition) is 0. The maximum Gasteiger partial charge on any atom is 0.280 e. The third-order valence-electron chi connectivity index (χ3n) is 3.87. The highest BCUT2D eigenvalue weighted by Gasteiger charge is 2.35. The molecule has 120 valence electrons. The third-order valence-corrected chi connectivity index (χ3v) is 4.88. The Morgan fingerprint density at radius 3 is 2.58 bits per heavy atom. The van der Waals surface area contributed by atoms with Gasteiger partial charge in [0, 0.05) is 5.69 Å². The Bertz CT molecular complexity index is 833. The number of fused-ring (bicyclic) bond motifs is 1. The maximum absolute atomic E-state index is 13.1. The third kappa shape index (κ3) is 2.80. The Kier molecular flexibility index (Phi) is 3.82. The van der Waals surface area contributed by atoms with Crippen molar-refractivity contribution >= 4 is 34.6 Å². The fourth-order valence-corrected chi connectivity index (χ4v) is 3.59. The van der Waals surface area contributed by atoms with Crippen LogP contribution in [0.25, 0.3) is 6.08 Å². The van der Waals surface area contributed by atoms with Crippen LogP contribution in [0.15, 0.2) is 65.3 Å². The summed E-state index contributed by atoms with van der Waals surface area (Å²) in [6, 6.07) is 16.0. The Morgan fingerprint density at radius 2 is 1.83 bits per heavy atom. The van der Waals surface area contributed by atoms with E-state index in [1.165, 1.54) is 23.9 Å². The van der Waals surface area contributed by atoms with Gasteiger partial charge < -0.3 is 4.90 Å². The van der Waals surface area contributed by atoms with Gasteiger partial charge in [0.15, 0.2) is 5.17 Å². The lowest BCUT2D eigenvalue weighted by Crippen LogP contribution is -2.46. The van der Waals surface area contributed by atoms with E-state index >= 15 is 0 Å². The summed E-state index contributed by atoms with van der Waals surface area (Å²) in [6.07, 6.45) is 1.80. The van der Waals surface area contributed by atoms with Crippen LogP contribution in [0.4, 0.5) is 10.1 Å². The molecule has 2 aliphatic rings. The van der Waals surface area contributed by atoms with Crippen molar-refractivity contribution in [1.29, 1.82) is 0 Å². The first-order chi connectivity index (χ1) is 11.7. The first kappa shape index (κ1) is 15.0. The second-order valence-corrected chi connectivity index (χ2v) is 6.41. The molecule has 1 amide bonds. The summed E-state index contributed by atoms with van der Waals surface area (Å²) >= 11 is 1.51. The lowest BCUT2D eigenvalue weighted by Gasteiger charge is -2.34. The Labute approximate surface area is 143 Å². The number of hydrogen-bond acceptors (Lipinski definition) is 4. The van der Waals surface area contributed by atoms with E-state index in [2.05, 4.69) is 4.99 Å². The number of benzene rings is 2. The lowest BCUT2D eigenvalue weighted by molar-refractivity contribution is -0.122. The number of rotatable bonds is 2. The van der Waals surface area contributed by atoms with E-state index in [-0.39, 0.29) is 11.7 Å². The summed E-state index contributed by atoms with van der Waals surface area (Å²) < 4.78 is 13.1. The minimum absolute atomic E-state index is 0.104. The van der Waals surface area contributed by atoms with Gasteiger partial charge in [0.25, 0.3) is 5.91 Å². The molecule has 0 aliphatic carbocycles. The predicted molar refractivity (Wildman–Crippen MR) is 94.9 cm³/mol. The fraction of sp³-hybridized carbons (Fsp3) is 0.111. The molecular formula is C18H14FN3OS. The zero-order valence-electron chi connectivity index (χ0n) is 12.7. The molecule has 0 bridgehead atoms. The van der Waals surface area contributed by atoms with Gasteiger partial charge in [-0.25, -0.2) is 9.38 Å². The van der Waals surface area contributed by atoms with E-state index in [1.807, 2.05) is 35.2 Å². The molecule has 24 heavy (non-hydrogen) atoms. The van der Waals surface area contributed by atoms with E-state index in [4.69, 9.17) is 0 Å². The van der Waals surface area contributed by atoms with E-state index in [1.54, 1.807) is 23.1 Å². The predicted octanol–water partition coefficient (Wildman–Crippen LogP) is 3.53. The van der Waals surface area contributed by atoms with Crippen molar-refractivity contribution in [2.24, 2.45) is 4.99 Å². The first-order valence-electron chi connectivity index (χ1n) is 7.51. The normalized spacial score (nSPS) is 18.8. The zero-order chi connectivity index (χ0) is 16.5. The Balaban J connectivity index is 1.56. The van der Waals surface area contributed by atoms with Crippen LogP contribution in [0.3, 0.4) is 0 Å². The van der Waals surface area contributed by atoms with Gasteiger partial charge in [-0.3, -0.25) is 9.69 Å². The molecule has 2 aromatic carbocycles. The van der Waals surface area contributed by atoms with Crippen LogP contribution in [-0.2, 0) is 4.79 Å². The highest BCUT2D eigenvalue weighted by Crippen LogP contribution is 2.30. The SMILES string of the molecule is O=C1/C(=C\c2ccccc2)N=C2SCN(c3ccc(F)cc3)CN12. The number of anilines is 1. The molecule has 2 aliphatic heterocycles. The van der Waals surface area contributed by atoms with Crippen LogP contribution in [0.5, 0.6) is 0 Å². The molecule has 0 saturated carbocycles. The summed E-state index contributed by atoms with van der Waals surface area (Å²) in [5.41, 5.74) is 2.28. The van der Waals surface area contributed by atoms with E-state index in [0.717, 1.165) is 16.4 Å². The molecule has 0 radical (unpaired) electrons. The van der Waals surface area contributed by atoms with Crippen molar-refractivity contribution < 1.29 is 9.18 Å². The second kappa shape index (κ2) is 6.13. The van der Waals surface area contributed by atoms with Crippen molar-refractivity contribution in [2.45, 2.75) is 0 Å². The highest BCUT2D eigenvalue weighted by atomic mass is 32.2. The van der Waals surface area contributed by atoms with Crippen molar-refractivity contribution in [3.05, 3.63) is 71.7 Å². The van der Waals surface area contributed by atoms with Crippen LogP contribution in [0.2, 0.25) is 0 Å². The van der Waals surface area contributed by atoms with Crippen molar-refractivity contribution in [3.63, 3.8) is 0 Å². The summed E-state index contributed by atoms with van der Waals surface area (Å²) in [5, 5.41) is 0.723. The smallest absolute Gasteiger partial charge is 0.280 e. The molecule has 2 aromatic rings. The number of carbonyl (C=O) groups excluding carboxylic acids is 1. The van der Waals surface area contributed by atoms with Gasteiger partial charge >= 0.3 is 0 Å². The molecule has 4 rings (SSSR count). The number of carbonyl (C=O) groups is 1. The molecule has 0 unspecified atom stereocenters.